The maximum atomic E-state index is 11.9. The molecule has 1 fully saturated rings. The molecule has 1 amide bonds. The second kappa shape index (κ2) is 9.04. The maximum absolute atomic E-state index is 11.9. The van der Waals surface area contributed by atoms with Gasteiger partial charge in [-0.2, -0.15) is 5.10 Å². The highest BCUT2D eigenvalue weighted by atomic mass is 16.5. The van der Waals surface area contributed by atoms with Crippen molar-refractivity contribution in [1.82, 2.24) is 20.5 Å². The molecule has 32 heavy (non-hydrogen) atoms. The lowest BCUT2D eigenvalue weighted by Gasteiger charge is -2.37. The van der Waals surface area contributed by atoms with E-state index in [1.165, 1.54) is 7.05 Å². The number of nitrogens with one attached hydrogen (secondary N) is 2. The van der Waals surface area contributed by atoms with Crippen LogP contribution in [0.1, 0.15) is 16.1 Å². The van der Waals surface area contributed by atoms with Gasteiger partial charge in [0.15, 0.2) is 0 Å². The van der Waals surface area contributed by atoms with Crippen LogP contribution in [0.3, 0.4) is 0 Å². The summed E-state index contributed by atoms with van der Waals surface area (Å²) in [7, 11) is 1.53. The molecule has 1 saturated heterocycles. The molecule has 1 aliphatic heterocycles. The van der Waals surface area contributed by atoms with E-state index in [9.17, 15) is 25.2 Å². The van der Waals surface area contributed by atoms with Gasteiger partial charge in [-0.05, 0) is 35.4 Å². The van der Waals surface area contributed by atoms with E-state index in [1.807, 2.05) is 6.07 Å². The quantitative estimate of drug-likeness (QED) is 0.289. The third-order valence-electron chi connectivity index (χ3n) is 5.34. The van der Waals surface area contributed by atoms with E-state index < -0.39 is 37.1 Å². The molecule has 0 spiro atoms. The largest absolute Gasteiger partial charge is 0.394 e. The highest BCUT2D eigenvalue weighted by Crippen LogP contribution is 2.27. The van der Waals surface area contributed by atoms with Crippen molar-refractivity contribution in [2.75, 3.05) is 13.7 Å². The SMILES string of the molecule is CNC(=O)c1cc(-c2cc(C#CC3OC(CO)[C@@H](O)C(O)C3O)c3[nH]ncc3c2)ccn1. The topological polar surface area (TPSA) is 161 Å². The van der Waals surface area contributed by atoms with E-state index in [-0.39, 0.29) is 11.6 Å². The van der Waals surface area contributed by atoms with Crippen LogP contribution in [0.5, 0.6) is 0 Å². The van der Waals surface area contributed by atoms with Gasteiger partial charge in [-0.1, -0.05) is 11.8 Å². The van der Waals surface area contributed by atoms with Crippen LogP contribution in [-0.4, -0.2) is 85.7 Å². The molecule has 10 nitrogen and oxygen atoms in total. The number of pyridine rings is 1. The van der Waals surface area contributed by atoms with Crippen LogP contribution in [0, 0.1) is 11.8 Å². The number of aliphatic hydroxyl groups excluding tert-OH is 4. The van der Waals surface area contributed by atoms with E-state index in [2.05, 4.69) is 32.3 Å². The van der Waals surface area contributed by atoms with Crippen LogP contribution in [0.15, 0.2) is 36.7 Å². The van der Waals surface area contributed by atoms with E-state index in [0.717, 1.165) is 16.5 Å². The van der Waals surface area contributed by atoms with E-state index >= 15 is 0 Å². The Morgan fingerprint density at radius 3 is 2.75 bits per heavy atom. The Hall–Kier alpha value is -3.33. The second-order valence-corrected chi connectivity index (χ2v) is 7.39. The van der Waals surface area contributed by atoms with Gasteiger partial charge >= 0.3 is 0 Å². The highest BCUT2D eigenvalue weighted by molar-refractivity contribution is 5.94. The number of H-pyrrole nitrogens is 1. The summed E-state index contributed by atoms with van der Waals surface area (Å²) in [6.07, 6.45) is -3.37. The number of rotatable bonds is 3. The lowest BCUT2D eigenvalue weighted by atomic mass is 9.95. The third-order valence-corrected chi connectivity index (χ3v) is 5.34. The van der Waals surface area contributed by atoms with E-state index in [0.29, 0.717) is 11.1 Å². The molecule has 0 bridgehead atoms. The normalized spacial score (nSPS) is 25.2. The van der Waals surface area contributed by atoms with Crippen molar-refractivity contribution in [3.63, 3.8) is 0 Å². The summed E-state index contributed by atoms with van der Waals surface area (Å²) in [6.45, 7) is -0.529. The van der Waals surface area contributed by atoms with Crippen LogP contribution in [-0.2, 0) is 4.74 Å². The summed E-state index contributed by atoms with van der Waals surface area (Å²) < 4.78 is 5.45. The summed E-state index contributed by atoms with van der Waals surface area (Å²) >= 11 is 0. The number of aliphatic hydroxyl groups is 4. The average molecular weight is 438 g/mol. The highest BCUT2D eigenvalue weighted by Gasteiger charge is 2.42. The summed E-state index contributed by atoms with van der Waals surface area (Å²) in [5, 5.41) is 49.7. The smallest absolute Gasteiger partial charge is 0.269 e. The Morgan fingerprint density at radius 2 is 2.00 bits per heavy atom. The zero-order valence-electron chi connectivity index (χ0n) is 17.1. The van der Waals surface area contributed by atoms with Gasteiger partial charge in [0.1, 0.15) is 36.2 Å². The molecule has 166 valence electrons. The number of fused-ring (bicyclic) bond motifs is 1. The van der Waals surface area contributed by atoms with Crippen molar-refractivity contribution in [1.29, 1.82) is 0 Å². The summed E-state index contributed by atoms with van der Waals surface area (Å²) in [5.41, 5.74) is 2.99. The molecular weight excluding hydrogens is 416 g/mol. The minimum absolute atomic E-state index is 0.270. The first-order chi connectivity index (χ1) is 15.4. The van der Waals surface area contributed by atoms with Crippen LogP contribution in [0.4, 0.5) is 0 Å². The lowest BCUT2D eigenvalue weighted by molar-refractivity contribution is -0.214. The molecule has 3 aromatic rings. The molecule has 2 aromatic heterocycles. The zero-order valence-corrected chi connectivity index (χ0v) is 17.1. The Balaban J connectivity index is 1.72. The van der Waals surface area contributed by atoms with Gasteiger partial charge in [0.05, 0.1) is 23.9 Å². The Bertz CT molecular complexity index is 1200. The predicted octanol–water partition coefficient (Wildman–Crippen LogP) is -0.822. The number of ether oxygens (including phenoxy) is 1. The van der Waals surface area contributed by atoms with Crippen molar-refractivity contribution in [2.24, 2.45) is 0 Å². The van der Waals surface area contributed by atoms with Gasteiger partial charge in [-0.3, -0.25) is 14.9 Å². The van der Waals surface area contributed by atoms with Crippen molar-refractivity contribution < 1.29 is 30.0 Å². The van der Waals surface area contributed by atoms with Crippen molar-refractivity contribution in [3.05, 3.63) is 47.9 Å². The number of hydrogen-bond donors (Lipinski definition) is 6. The van der Waals surface area contributed by atoms with Gasteiger partial charge in [0, 0.05) is 18.6 Å². The third kappa shape index (κ3) is 4.08. The first-order valence-corrected chi connectivity index (χ1v) is 9.90. The molecule has 4 unspecified atom stereocenters. The Kier molecular flexibility index (Phi) is 6.18. The lowest BCUT2D eigenvalue weighted by Crippen LogP contribution is -2.58. The fourth-order valence-electron chi connectivity index (χ4n) is 3.55. The standard InChI is InChI=1S/C22H22N4O6/c1-23-22(31)15-8-11(4-5-24-15)13-6-12(18-14(7-13)9-25-26-18)2-3-16-19(28)21(30)20(29)17(10-27)32-16/h4-9,16-17,19-21,27-30H,10H2,1H3,(H,23,31)(H,25,26)/t16?,17?,19?,20-,21?/m1/s1. The van der Waals surface area contributed by atoms with Crippen LogP contribution in [0.25, 0.3) is 22.0 Å². The van der Waals surface area contributed by atoms with Gasteiger partial charge in [-0.25, -0.2) is 0 Å². The van der Waals surface area contributed by atoms with Gasteiger partial charge in [0.2, 0.25) is 0 Å². The number of nitrogens with zero attached hydrogens (tertiary/aromatic N) is 2. The molecule has 5 atom stereocenters. The minimum Gasteiger partial charge on any atom is -0.394 e. The Labute approximate surface area is 182 Å². The molecule has 3 heterocycles. The maximum Gasteiger partial charge on any atom is 0.269 e. The summed E-state index contributed by atoms with van der Waals surface area (Å²) in [5.74, 6) is 5.40. The fourth-order valence-corrected chi connectivity index (χ4v) is 3.55. The molecule has 0 radical (unpaired) electrons. The summed E-state index contributed by atoms with van der Waals surface area (Å²) in [4.78, 5) is 16.0. The number of benzene rings is 1. The molecule has 1 aromatic carbocycles. The van der Waals surface area contributed by atoms with Crippen LogP contribution in [0.2, 0.25) is 0 Å². The van der Waals surface area contributed by atoms with Crippen LogP contribution >= 0.6 is 0 Å². The van der Waals surface area contributed by atoms with Crippen LogP contribution < -0.4 is 5.32 Å². The molecule has 10 heteroatoms. The zero-order chi connectivity index (χ0) is 22.8. The minimum atomic E-state index is -1.50. The molecular formula is C22H22N4O6. The molecule has 0 aliphatic carbocycles. The predicted molar refractivity (Wildman–Crippen MR) is 113 cm³/mol. The number of carbonyl (C=O) groups excluding carboxylic acids is 1. The number of aromatic nitrogens is 3. The first-order valence-electron chi connectivity index (χ1n) is 9.90. The molecule has 1 aliphatic rings. The average Bonchev–Trinajstić information content (AvgIpc) is 3.30. The van der Waals surface area contributed by atoms with Crippen molar-refractivity contribution in [3.8, 4) is 23.0 Å². The molecule has 4 rings (SSSR count). The Morgan fingerprint density at radius 1 is 1.19 bits per heavy atom. The van der Waals surface area contributed by atoms with E-state index in [4.69, 9.17) is 4.74 Å². The molecule has 0 saturated carbocycles. The first kappa shape index (κ1) is 21.9. The van der Waals surface area contributed by atoms with E-state index in [1.54, 1.807) is 30.6 Å². The van der Waals surface area contributed by atoms with Crippen molar-refractivity contribution in [2.45, 2.75) is 30.5 Å². The van der Waals surface area contributed by atoms with Gasteiger partial charge < -0.3 is 30.5 Å². The number of carbonyl (C=O) groups is 1. The molecule has 6 N–H and O–H groups in total. The number of hydrogen-bond acceptors (Lipinski definition) is 8. The second-order valence-electron chi connectivity index (χ2n) is 7.39. The van der Waals surface area contributed by atoms with Gasteiger partial charge in [-0.15, -0.1) is 0 Å². The number of amides is 1. The summed E-state index contributed by atoms with van der Waals surface area (Å²) in [6, 6.07) is 7.11. The number of aromatic amines is 1. The fraction of sp³-hybridized carbons (Fsp3) is 0.318. The monoisotopic (exact) mass is 438 g/mol. The van der Waals surface area contributed by atoms with Gasteiger partial charge in [0.25, 0.3) is 5.91 Å². The van der Waals surface area contributed by atoms with Crippen molar-refractivity contribution >= 4 is 16.8 Å².